The maximum absolute atomic E-state index is 13.6. The molecule has 0 radical (unpaired) electrons. The molecule has 0 bridgehead atoms. The fourth-order valence-electron chi connectivity index (χ4n) is 2.19. The van der Waals surface area contributed by atoms with Gasteiger partial charge >= 0.3 is 0 Å². The van der Waals surface area contributed by atoms with Gasteiger partial charge in [-0.25, -0.2) is 8.78 Å². The topological polar surface area (TPSA) is 35.6 Å². The summed E-state index contributed by atoms with van der Waals surface area (Å²) in [4.78, 5) is 15.2. The minimum atomic E-state index is -0.454. The number of amides is 1. The molecule has 1 aliphatic heterocycles. The van der Waals surface area contributed by atoms with Gasteiger partial charge in [-0.15, -0.1) is 0 Å². The van der Waals surface area contributed by atoms with Gasteiger partial charge in [-0.2, -0.15) is 0 Å². The second kappa shape index (κ2) is 5.97. The van der Waals surface area contributed by atoms with Crippen LogP contribution in [0.1, 0.15) is 0 Å². The van der Waals surface area contributed by atoms with Gasteiger partial charge in [0.2, 0.25) is 5.91 Å². The van der Waals surface area contributed by atoms with E-state index in [0.29, 0.717) is 32.7 Å². The second-order valence-electron chi connectivity index (χ2n) is 4.49. The van der Waals surface area contributed by atoms with E-state index in [9.17, 15) is 13.6 Å². The summed E-state index contributed by atoms with van der Waals surface area (Å²) in [5, 5.41) is 2.81. The zero-order valence-electron chi connectivity index (χ0n) is 10.8. The van der Waals surface area contributed by atoms with E-state index in [0.717, 1.165) is 12.1 Å². The Balaban J connectivity index is 2.00. The van der Waals surface area contributed by atoms with E-state index >= 15 is 0 Å². The Bertz CT molecular complexity index is 459. The van der Waals surface area contributed by atoms with E-state index in [4.69, 9.17) is 0 Å². The van der Waals surface area contributed by atoms with Crippen LogP contribution < -0.4 is 10.2 Å². The number of anilines is 1. The molecule has 0 saturated carbocycles. The summed E-state index contributed by atoms with van der Waals surface area (Å²) in [6, 6.07) is 3.43. The number of hydrogen-bond donors (Lipinski definition) is 1. The molecule has 1 heterocycles. The van der Waals surface area contributed by atoms with Crippen LogP contribution >= 0.6 is 0 Å². The minimum absolute atomic E-state index is 0.0295. The van der Waals surface area contributed by atoms with Crippen molar-refractivity contribution in [2.45, 2.75) is 0 Å². The van der Waals surface area contributed by atoms with Crippen molar-refractivity contribution < 1.29 is 13.6 Å². The van der Waals surface area contributed by atoms with E-state index in [1.807, 2.05) is 0 Å². The predicted octanol–water partition coefficient (Wildman–Crippen LogP) is 0.833. The number of likely N-dealkylation sites (N-methyl/N-ethyl adjacent to an activating group) is 1. The molecule has 1 aromatic rings. The van der Waals surface area contributed by atoms with Gasteiger partial charge in [0.05, 0.1) is 12.2 Å². The van der Waals surface area contributed by atoms with Crippen molar-refractivity contribution in [2.24, 2.45) is 0 Å². The summed E-state index contributed by atoms with van der Waals surface area (Å²) < 4.78 is 26.8. The van der Waals surface area contributed by atoms with E-state index in [2.05, 4.69) is 5.32 Å². The Kier molecular flexibility index (Phi) is 4.31. The van der Waals surface area contributed by atoms with Crippen molar-refractivity contribution in [3.05, 3.63) is 29.8 Å². The standard InChI is InChI=1S/C13H17F2N3O/c1-16-9-13(19)18-6-4-17(5-7-18)12-8-10(14)2-3-11(12)15/h2-3,8,16H,4-7,9H2,1H3. The van der Waals surface area contributed by atoms with Crippen LogP contribution in [-0.4, -0.2) is 50.6 Å². The summed E-state index contributed by atoms with van der Waals surface area (Å²) in [6.45, 7) is 2.37. The third kappa shape index (κ3) is 3.20. The van der Waals surface area contributed by atoms with Gasteiger partial charge in [0, 0.05) is 32.2 Å². The highest BCUT2D eigenvalue weighted by Gasteiger charge is 2.22. The second-order valence-corrected chi connectivity index (χ2v) is 4.49. The van der Waals surface area contributed by atoms with Gasteiger partial charge in [-0.3, -0.25) is 4.79 Å². The largest absolute Gasteiger partial charge is 0.366 e. The molecule has 1 aromatic carbocycles. The molecule has 1 fully saturated rings. The van der Waals surface area contributed by atoms with Gasteiger partial charge < -0.3 is 15.1 Å². The van der Waals surface area contributed by atoms with E-state index in [1.54, 1.807) is 16.8 Å². The number of piperazine rings is 1. The average molecular weight is 269 g/mol. The van der Waals surface area contributed by atoms with Gasteiger partial charge in [0.25, 0.3) is 0 Å². The van der Waals surface area contributed by atoms with Crippen LogP contribution in [0.4, 0.5) is 14.5 Å². The quantitative estimate of drug-likeness (QED) is 0.883. The fourth-order valence-corrected chi connectivity index (χ4v) is 2.19. The molecule has 4 nitrogen and oxygen atoms in total. The molecule has 104 valence electrons. The van der Waals surface area contributed by atoms with Crippen LogP contribution in [0.15, 0.2) is 18.2 Å². The number of carbonyl (C=O) groups is 1. The molecule has 1 saturated heterocycles. The number of halogens is 2. The molecular weight excluding hydrogens is 252 g/mol. The molecule has 19 heavy (non-hydrogen) atoms. The van der Waals surface area contributed by atoms with Crippen LogP contribution in [0.25, 0.3) is 0 Å². The van der Waals surface area contributed by atoms with E-state index < -0.39 is 11.6 Å². The number of rotatable bonds is 3. The summed E-state index contributed by atoms with van der Waals surface area (Å²) in [5.41, 5.74) is 0.265. The smallest absolute Gasteiger partial charge is 0.236 e. The van der Waals surface area contributed by atoms with E-state index in [-0.39, 0.29) is 11.6 Å². The Hall–Kier alpha value is -1.69. The lowest BCUT2D eigenvalue weighted by Gasteiger charge is -2.36. The summed E-state index contributed by atoms with van der Waals surface area (Å²) in [5.74, 6) is -0.858. The molecule has 1 N–H and O–H groups in total. The first-order valence-electron chi connectivity index (χ1n) is 6.24. The van der Waals surface area contributed by atoms with Gasteiger partial charge in [0.1, 0.15) is 11.6 Å². The first-order valence-corrected chi connectivity index (χ1v) is 6.24. The Labute approximate surface area is 111 Å². The highest BCUT2D eigenvalue weighted by Crippen LogP contribution is 2.21. The molecule has 0 spiro atoms. The van der Waals surface area contributed by atoms with E-state index in [1.165, 1.54) is 6.07 Å². The van der Waals surface area contributed by atoms with Gasteiger partial charge in [-0.1, -0.05) is 0 Å². The molecular formula is C13H17F2N3O. The van der Waals surface area contributed by atoms with Crippen LogP contribution in [0.2, 0.25) is 0 Å². The SMILES string of the molecule is CNCC(=O)N1CCN(c2cc(F)ccc2F)CC1. The van der Waals surface area contributed by atoms with Gasteiger partial charge in [0.15, 0.2) is 0 Å². The Morgan fingerprint density at radius 1 is 1.26 bits per heavy atom. The monoisotopic (exact) mass is 269 g/mol. The molecule has 0 aromatic heterocycles. The van der Waals surface area contributed by atoms with Crippen LogP contribution in [0.5, 0.6) is 0 Å². The number of hydrogen-bond acceptors (Lipinski definition) is 3. The lowest BCUT2D eigenvalue weighted by atomic mass is 10.2. The van der Waals surface area contributed by atoms with Crippen LogP contribution in [0.3, 0.4) is 0 Å². The third-order valence-corrected chi connectivity index (χ3v) is 3.21. The molecule has 1 aliphatic rings. The summed E-state index contributed by atoms with van der Waals surface area (Å²) >= 11 is 0. The van der Waals surface area contributed by atoms with Crippen LogP contribution in [0, 0.1) is 11.6 Å². The highest BCUT2D eigenvalue weighted by atomic mass is 19.1. The van der Waals surface area contributed by atoms with Crippen molar-refractivity contribution in [2.75, 3.05) is 44.7 Å². The Morgan fingerprint density at radius 3 is 2.58 bits per heavy atom. The van der Waals surface area contributed by atoms with Crippen molar-refractivity contribution in [3.63, 3.8) is 0 Å². The molecule has 2 rings (SSSR count). The minimum Gasteiger partial charge on any atom is -0.366 e. The average Bonchev–Trinajstić information content (AvgIpc) is 2.42. The first-order chi connectivity index (χ1) is 9.11. The van der Waals surface area contributed by atoms with Crippen molar-refractivity contribution in [1.29, 1.82) is 0 Å². The summed E-state index contributed by atoms with van der Waals surface area (Å²) in [6.07, 6.45) is 0. The molecule has 0 atom stereocenters. The van der Waals surface area contributed by atoms with Gasteiger partial charge in [-0.05, 0) is 19.2 Å². The normalized spacial score (nSPS) is 15.7. The molecule has 0 unspecified atom stereocenters. The zero-order valence-corrected chi connectivity index (χ0v) is 10.8. The maximum atomic E-state index is 13.6. The summed E-state index contributed by atoms with van der Waals surface area (Å²) in [7, 11) is 1.72. The molecule has 1 amide bonds. The lowest BCUT2D eigenvalue weighted by molar-refractivity contribution is -0.130. The predicted molar refractivity (Wildman–Crippen MR) is 69.1 cm³/mol. The number of nitrogens with zero attached hydrogens (tertiary/aromatic N) is 2. The Morgan fingerprint density at radius 2 is 1.95 bits per heavy atom. The number of benzene rings is 1. The number of nitrogens with one attached hydrogen (secondary N) is 1. The fraction of sp³-hybridized carbons (Fsp3) is 0.462. The van der Waals surface area contributed by atoms with Crippen molar-refractivity contribution in [1.82, 2.24) is 10.2 Å². The van der Waals surface area contributed by atoms with Crippen LogP contribution in [-0.2, 0) is 4.79 Å². The zero-order chi connectivity index (χ0) is 13.8. The molecule has 6 heteroatoms. The first kappa shape index (κ1) is 13.7. The highest BCUT2D eigenvalue weighted by molar-refractivity contribution is 5.78. The van der Waals surface area contributed by atoms with Crippen molar-refractivity contribution >= 4 is 11.6 Å². The maximum Gasteiger partial charge on any atom is 0.236 e. The number of carbonyl (C=O) groups excluding carboxylic acids is 1. The van der Waals surface area contributed by atoms with Crippen molar-refractivity contribution in [3.8, 4) is 0 Å². The molecule has 0 aliphatic carbocycles. The lowest BCUT2D eigenvalue weighted by Crippen LogP contribution is -2.50. The third-order valence-electron chi connectivity index (χ3n) is 3.21.